The van der Waals surface area contributed by atoms with Gasteiger partial charge in [0, 0.05) is 9.86 Å². The van der Waals surface area contributed by atoms with Gasteiger partial charge in [-0.05, 0) is 61.3 Å². The largest absolute Gasteiger partial charge is 0.490 e. The molecule has 0 spiro atoms. The Balaban J connectivity index is 1.72. The summed E-state index contributed by atoms with van der Waals surface area (Å²) in [5, 5.41) is 0.974. The maximum Gasteiger partial charge on any atom is 0.168 e. The lowest BCUT2D eigenvalue weighted by atomic mass is 9.72. The third-order valence-electron chi connectivity index (χ3n) is 5.07. The molecule has 4 heteroatoms. The molecule has 0 amide bonds. The Bertz CT molecular complexity index is 743. The topological polar surface area (TPSA) is 39.2 Å². The quantitative estimate of drug-likeness (QED) is 0.623. The van der Waals surface area contributed by atoms with E-state index in [-0.39, 0.29) is 0 Å². The number of carbonyl (C=O) groups excluding carboxylic acids is 1. The first-order valence-corrected chi connectivity index (χ1v) is 9.38. The van der Waals surface area contributed by atoms with E-state index >= 15 is 0 Å². The molecule has 0 N–H and O–H groups in total. The molecule has 3 nitrogen and oxygen atoms in total. The summed E-state index contributed by atoms with van der Waals surface area (Å²) in [7, 11) is 0. The minimum Gasteiger partial charge on any atom is -0.490 e. The number of halogens is 1. The second-order valence-electron chi connectivity index (χ2n) is 7.78. The van der Waals surface area contributed by atoms with Crippen LogP contribution in [0.4, 0.5) is 0 Å². The normalized spacial score (nSPS) is 21.7. The summed E-state index contributed by atoms with van der Waals surface area (Å²) in [5.74, 6) is 1.66. The summed E-state index contributed by atoms with van der Waals surface area (Å²) < 4.78 is 7.09. The highest BCUT2D eigenvalue weighted by molar-refractivity contribution is 9.10. The lowest BCUT2D eigenvalue weighted by Gasteiger charge is -2.36. The average Bonchev–Trinajstić information content (AvgIpc) is 2.55. The van der Waals surface area contributed by atoms with Crippen LogP contribution in [-0.2, 0) is 0 Å². The van der Waals surface area contributed by atoms with E-state index < -0.39 is 0 Å². The van der Waals surface area contributed by atoms with Crippen molar-refractivity contribution in [3.63, 3.8) is 0 Å². The zero-order valence-corrected chi connectivity index (χ0v) is 16.1. The van der Waals surface area contributed by atoms with Gasteiger partial charge in [0.2, 0.25) is 0 Å². The van der Waals surface area contributed by atoms with Crippen molar-refractivity contribution in [3.8, 4) is 5.75 Å². The van der Waals surface area contributed by atoms with E-state index in [1.165, 1.54) is 12.8 Å². The maximum absolute atomic E-state index is 10.9. The molecule has 0 aliphatic heterocycles. The third kappa shape index (κ3) is 3.80. The summed E-state index contributed by atoms with van der Waals surface area (Å²) in [6.45, 7) is 7.00. The second-order valence-corrected chi connectivity index (χ2v) is 8.64. The number of hydrogen-bond donors (Lipinski definition) is 0. The predicted octanol–water partition coefficient (Wildman–Crippen LogP) is 5.79. The van der Waals surface area contributed by atoms with E-state index in [0.29, 0.717) is 17.2 Å². The van der Waals surface area contributed by atoms with Gasteiger partial charge in [-0.3, -0.25) is 4.79 Å². The molecule has 0 bridgehead atoms. The fourth-order valence-electron chi connectivity index (χ4n) is 3.56. The number of nitrogens with zero attached hydrogens (tertiary/aromatic N) is 1. The minimum atomic E-state index is 0.294. The van der Waals surface area contributed by atoms with Crippen molar-refractivity contribution < 1.29 is 9.53 Å². The summed E-state index contributed by atoms with van der Waals surface area (Å²) in [4.78, 5) is 15.2. The highest BCUT2D eigenvalue weighted by Crippen LogP contribution is 2.39. The fourth-order valence-corrected chi connectivity index (χ4v) is 4.11. The zero-order chi connectivity index (χ0) is 17.3. The van der Waals surface area contributed by atoms with Crippen LogP contribution < -0.4 is 4.74 Å². The van der Waals surface area contributed by atoms with Gasteiger partial charge in [0.15, 0.2) is 6.29 Å². The molecule has 1 aliphatic rings. The van der Waals surface area contributed by atoms with Crippen LogP contribution >= 0.6 is 15.9 Å². The molecule has 0 atom stereocenters. The summed E-state index contributed by atoms with van der Waals surface area (Å²) in [6.07, 6.45) is 5.75. The number of hydrogen-bond acceptors (Lipinski definition) is 3. The Kier molecular flexibility index (Phi) is 4.95. The molecule has 2 aromatic rings. The summed E-state index contributed by atoms with van der Waals surface area (Å²) in [5.41, 5.74) is 1.62. The van der Waals surface area contributed by atoms with Gasteiger partial charge in [-0.1, -0.05) is 36.7 Å². The van der Waals surface area contributed by atoms with Crippen molar-refractivity contribution >= 4 is 33.1 Å². The van der Waals surface area contributed by atoms with E-state index in [9.17, 15) is 4.79 Å². The van der Waals surface area contributed by atoms with Gasteiger partial charge in [0.25, 0.3) is 0 Å². The van der Waals surface area contributed by atoms with Crippen LogP contribution in [0.3, 0.4) is 0 Å². The first-order chi connectivity index (χ1) is 11.4. The van der Waals surface area contributed by atoms with Crippen LogP contribution in [0, 0.1) is 11.3 Å². The molecule has 1 fully saturated rings. The van der Waals surface area contributed by atoms with Gasteiger partial charge < -0.3 is 4.74 Å². The molecule has 1 aromatic carbocycles. The number of rotatable bonds is 3. The Labute approximate surface area is 151 Å². The average molecular weight is 390 g/mol. The van der Waals surface area contributed by atoms with Crippen molar-refractivity contribution in [1.29, 1.82) is 0 Å². The van der Waals surface area contributed by atoms with Crippen LogP contribution in [0.15, 0.2) is 28.7 Å². The third-order valence-corrected chi connectivity index (χ3v) is 5.73. The Morgan fingerprint density at radius 3 is 2.50 bits per heavy atom. The van der Waals surface area contributed by atoms with Crippen molar-refractivity contribution in [2.75, 3.05) is 0 Å². The van der Waals surface area contributed by atoms with Crippen molar-refractivity contribution in [1.82, 2.24) is 4.98 Å². The molecular formula is C20H24BrNO2. The first kappa shape index (κ1) is 17.4. The molecule has 0 radical (unpaired) electrons. The monoisotopic (exact) mass is 389 g/mol. The van der Waals surface area contributed by atoms with Crippen LogP contribution in [0.5, 0.6) is 5.75 Å². The first-order valence-electron chi connectivity index (χ1n) is 8.59. The van der Waals surface area contributed by atoms with Gasteiger partial charge in [0.1, 0.15) is 11.4 Å². The highest BCUT2D eigenvalue weighted by atomic mass is 79.9. The zero-order valence-electron chi connectivity index (χ0n) is 14.5. The van der Waals surface area contributed by atoms with Gasteiger partial charge in [0.05, 0.1) is 11.6 Å². The predicted molar refractivity (Wildman–Crippen MR) is 101 cm³/mol. The van der Waals surface area contributed by atoms with Crippen molar-refractivity contribution in [2.45, 2.75) is 52.6 Å². The lowest BCUT2D eigenvalue weighted by Crippen LogP contribution is -2.30. The van der Waals surface area contributed by atoms with Gasteiger partial charge in [-0.2, -0.15) is 0 Å². The van der Waals surface area contributed by atoms with Crippen LogP contribution in [0.1, 0.15) is 56.9 Å². The fraction of sp³-hybridized carbons (Fsp3) is 0.500. The molecule has 128 valence electrons. The molecule has 1 aromatic heterocycles. The van der Waals surface area contributed by atoms with E-state index in [2.05, 4.69) is 41.7 Å². The molecule has 0 unspecified atom stereocenters. The van der Waals surface area contributed by atoms with E-state index in [0.717, 1.165) is 46.2 Å². The molecule has 1 saturated carbocycles. The molecule has 0 saturated heterocycles. The Morgan fingerprint density at radius 2 is 1.88 bits per heavy atom. The summed E-state index contributed by atoms with van der Waals surface area (Å²) >= 11 is 3.52. The molecule has 1 aliphatic carbocycles. The van der Waals surface area contributed by atoms with Gasteiger partial charge in [-0.25, -0.2) is 4.98 Å². The minimum absolute atomic E-state index is 0.294. The maximum atomic E-state index is 10.9. The van der Waals surface area contributed by atoms with E-state index in [1.54, 1.807) is 6.07 Å². The van der Waals surface area contributed by atoms with Crippen LogP contribution in [0.2, 0.25) is 0 Å². The number of pyridine rings is 1. The highest BCUT2D eigenvalue weighted by Gasteiger charge is 2.30. The standard InChI is InChI=1S/C20H24BrNO2/c1-20(2,3)13-4-6-15(7-5-13)24-16-8-9-19-17(11-16)18(21)10-14(12-23)22-19/h8-13,15H,4-7H2,1-3H3. The Morgan fingerprint density at radius 1 is 1.17 bits per heavy atom. The van der Waals surface area contributed by atoms with Crippen LogP contribution in [0.25, 0.3) is 10.9 Å². The van der Waals surface area contributed by atoms with Crippen molar-refractivity contribution in [2.24, 2.45) is 11.3 Å². The number of benzene rings is 1. The number of carbonyl (C=O) groups is 1. The van der Waals surface area contributed by atoms with E-state index in [4.69, 9.17) is 4.74 Å². The number of aldehydes is 1. The SMILES string of the molecule is CC(C)(C)C1CCC(Oc2ccc3nc(C=O)cc(Br)c3c2)CC1. The number of aromatic nitrogens is 1. The molecular weight excluding hydrogens is 366 g/mol. The van der Waals surface area contributed by atoms with E-state index in [1.807, 2.05) is 18.2 Å². The van der Waals surface area contributed by atoms with Gasteiger partial charge in [-0.15, -0.1) is 0 Å². The Hall–Kier alpha value is -1.42. The molecule has 24 heavy (non-hydrogen) atoms. The number of fused-ring (bicyclic) bond motifs is 1. The lowest BCUT2D eigenvalue weighted by molar-refractivity contribution is 0.0883. The molecule has 3 rings (SSSR count). The number of ether oxygens (including phenoxy) is 1. The summed E-state index contributed by atoms with van der Waals surface area (Å²) in [6, 6.07) is 7.62. The smallest absolute Gasteiger partial charge is 0.168 e. The second kappa shape index (κ2) is 6.83. The van der Waals surface area contributed by atoms with Crippen LogP contribution in [-0.4, -0.2) is 17.4 Å². The van der Waals surface area contributed by atoms with Gasteiger partial charge >= 0.3 is 0 Å². The van der Waals surface area contributed by atoms with Crippen molar-refractivity contribution in [3.05, 3.63) is 34.4 Å². The molecule has 1 heterocycles.